The molecule has 1 aromatic carbocycles. The van der Waals surface area contributed by atoms with E-state index < -0.39 is 0 Å². The fourth-order valence-electron chi connectivity index (χ4n) is 1.82. The molecule has 0 spiro atoms. The Labute approximate surface area is 126 Å². The zero-order valence-corrected chi connectivity index (χ0v) is 12.9. The van der Waals surface area contributed by atoms with Crippen LogP contribution in [0.2, 0.25) is 0 Å². The lowest BCUT2D eigenvalue weighted by molar-refractivity contribution is 0.391. The smallest absolute Gasteiger partial charge is 0.237 e. The molecular formula is C15H14N2OS2. The van der Waals surface area contributed by atoms with Crippen LogP contribution in [0.15, 0.2) is 44.4 Å². The van der Waals surface area contributed by atoms with Crippen LogP contribution in [-0.2, 0) is 5.75 Å². The maximum absolute atomic E-state index is 5.30. The van der Waals surface area contributed by atoms with Crippen molar-refractivity contribution in [3.8, 4) is 11.4 Å². The minimum Gasteiger partial charge on any atom is -0.338 e. The van der Waals surface area contributed by atoms with Gasteiger partial charge in [0, 0.05) is 15.8 Å². The molecule has 0 amide bonds. The van der Waals surface area contributed by atoms with Crippen LogP contribution < -0.4 is 0 Å². The van der Waals surface area contributed by atoms with Crippen LogP contribution in [0.5, 0.6) is 0 Å². The number of aromatic nitrogens is 2. The number of hydrogen-bond donors (Lipinski definition) is 0. The summed E-state index contributed by atoms with van der Waals surface area (Å²) in [5, 5.41) is 8.05. The molecule has 0 saturated heterocycles. The fraction of sp³-hybridized carbons (Fsp3) is 0.200. The molecular weight excluding hydrogens is 288 g/mol. The first-order valence-electron chi connectivity index (χ1n) is 6.27. The van der Waals surface area contributed by atoms with Gasteiger partial charge in [0.2, 0.25) is 11.7 Å². The van der Waals surface area contributed by atoms with E-state index in [2.05, 4.69) is 42.2 Å². The highest BCUT2D eigenvalue weighted by atomic mass is 32.2. The molecule has 5 heteroatoms. The van der Waals surface area contributed by atoms with Gasteiger partial charge in [0.1, 0.15) is 0 Å². The summed E-state index contributed by atoms with van der Waals surface area (Å²) < 4.78 is 5.30. The van der Waals surface area contributed by atoms with Gasteiger partial charge in [-0.25, -0.2) is 0 Å². The summed E-state index contributed by atoms with van der Waals surface area (Å²) in [7, 11) is 0. The minimum absolute atomic E-state index is 0.664. The largest absolute Gasteiger partial charge is 0.338 e. The van der Waals surface area contributed by atoms with E-state index in [0.29, 0.717) is 17.5 Å². The van der Waals surface area contributed by atoms with Gasteiger partial charge in [-0.1, -0.05) is 22.9 Å². The van der Waals surface area contributed by atoms with Gasteiger partial charge in [-0.15, -0.1) is 11.8 Å². The summed E-state index contributed by atoms with van der Waals surface area (Å²) in [6.07, 6.45) is 0. The highest BCUT2D eigenvalue weighted by Gasteiger charge is 2.10. The third-order valence-corrected chi connectivity index (χ3v) is 4.77. The van der Waals surface area contributed by atoms with E-state index in [1.54, 1.807) is 23.1 Å². The topological polar surface area (TPSA) is 38.9 Å². The molecule has 2 aromatic heterocycles. The Morgan fingerprint density at radius 2 is 2.15 bits per heavy atom. The Kier molecular flexibility index (Phi) is 3.89. The van der Waals surface area contributed by atoms with Gasteiger partial charge in [0.15, 0.2) is 0 Å². The van der Waals surface area contributed by atoms with Gasteiger partial charge in [-0.3, -0.25) is 0 Å². The lowest BCUT2D eigenvalue weighted by atomic mass is 10.2. The predicted octanol–water partition coefficient (Wildman–Crippen LogP) is 4.71. The first-order chi connectivity index (χ1) is 9.72. The van der Waals surface area contributed by atoms with E-state index in [0.717, 1.165) is 5.56 Å². The van der Waals surface area contributed by atoms with Crippen molar-refractivity contribution in [2.45, 2.75) is 24.5 Å². The molecule has 0 atom stereocenters. The molecule has 102 valence electrons. The molecule has 0 radical (unpaired) electrons. The predicted molar refractivity (Wildman–Crippen MR) is 83.1 cm³/mol. The van der Waals surface area contributed by atoms with Gasteiger partial charge in [0.05, 0.1) is 5.75 Å². The molecule has 0 unspecified atom stereocenters. The maximum Gasteiger partial charge on any atom is 0.237 e. The molecule has 0 saturated carbocycles. The highest BCUT2D eigenvalue weighted by Crippen LogP contribution is 2.27. The van der Waals surface area contributed by atoms with Crippen LogP contribution >= 0.6 is 23.1 Å². The van der Waals surface area contributed by atoms with Crippen molar-refractivity contribution in [3.63, 3.8) is 0 Å². The van der Waals surface area contributed by atoms with Crippen molar-refractivity contribution in [3.05, 3.63) is 52.0 Å². The van der Waals surface area contributed by atoms with E-state index in [1.165, 1.54) is 16.0 Å². The monoisotopic (exact) mass is 302 g/mol. The molecule has 2 heterocycles. The second kappa shape index (κ2) is 5.81. The average molecular weight is 302 g/mol. The number of nitrogens with zero attached hydrogens (tertiary/aromatic N) is 2. The molecule has 3 rings (SSSR count). The van der Waals surface area contributed by atoms with E-state index in [4.69, 9.17) is 4.52 Å². The van der Waals surface area contributed by atoms with Gasteiger partial charge >= 0.3 is 0 Å². The first-order valence-corrected chi connectivity index (χ1v) is 8.20. The molecule has 0 N–H and O–H groups in total. The molecule has 3 nitrogen and oxygen atoms in total. The zero-order chi connectivity index (χ0) is 13.9. The third-order valence-electron chi connectivity index (χ3n) is 2.94. The number of aryl methyl sites for hydroxylation is 2. The zero-order valence-electron chi connectivity index (χ0n) is 11.3. The SMILES string of the molecule is Cc1ccc(C)c(SCc2nc(-c3ccsc3)no2)c1. The maximum atomic E-state index is 5.30. The second-order valence-corrected chi connectivity index (χ2v) is 6.38. The Bertz CT molecular complexity index is 704. The minimum atomic E-state index is 0.664. The quantitative estimate of drug-likeness (QED) is 0.654. The van der Waals surface area contributed by atoms with Gasteiger partial charge in [-0.2, -0.15) is 16.3 Å². The Balaban J connectivity index is 1.71. The van der Waals surface area contributed by atoms with Crippen LogP contribution in [0.4, 0.5) is 0 Å². The molecule has 0 bridgehead atoms. The van der Waals surface area contributed by atoms with Crippen LogP contribution in [0.25, 0.3) is 11.4 Å². The van der Waals surface area contributed by atoms with Crippen LogP contribution in [0.1, 0.15) is 17.0 Å². The van der Waals surface area contributed by atoms with E-state index in [1.807, 2.05) is 16.8 Å². The summed E-state index contributed by atoms with van der Waals surface area (Å²) in [5.74, 6) is 2.03. The third kappa shape index (κ3) is 2.94. The number of rotatable bonds is 4. The summed E-state index contributed by atoms with van der Waals surface area (Å²) in [6, 6.07) is 8.45. The van der Waals surface area contributed by atoms with Crippen molar-refractivity contribution in [2.75, 3.05) is 0 Å². The Morgan fingerprint density at radius 1 is 1.25 bits per heavy atom. The van der Waals surface area contributed by atoms with Crippen molar-refractivity contribution in [1.29, 1.82) is 0 Å². The van der Waals surface area contributed by atoms with Gasteiger partial charge < -0.3 is 4.52 Å². The molecule has 0 aliphatic rings. The second-order valence-electron chi connectivity index (χ2n) is 4.58. The molecule has 0 aliphatic heterocycles. The van der Waals surface area contributed by atoms with E-state index >= 15 is 0 Å². The molecule has 20 heavy (non-hydrogen) atoms. The van der Waals surface area contributed by atoms with Crippen molar-refractivity contribution < 1.29 is 4.52 Å². The van der Waals surface area contributed by atoms with Crippen LogP contribution in [0.3, 0.4) is 0 Å². The van der Waals surface area contributed by atoms with Gasteiger partial charge in [-0.05, 0) is 36.9 Å². The normalized spacial score (nSPS) is 10.9. The fourth-order valence-corrected chi connectivity index (χ4v) is 3.42. The summed E-state index contributed by atoms with van der Waals surface area (Å²) in [6.45, 7) is 4.22. The number of thiophene rings is 1. The molecule has 0 fully saturated rings. The van der Waals surface area contributed by atoms with Gasteiger partial charge in [0.25, 0.3) is 0 Å². The first kappa shape index (κ1) is 13.4. The lowest BCUT2D eigenvalue weighted by Gasteiger charge is -2.04. The van der Waals surface area contributed by atoms with Crippen molar-refractivity contribution in [1.82, 2.24) is 10.1 Å². The average Bonchev–Trinajstić information content (AvgIpc) is 3.09. The van der Waals surface area contributed by atoms with Crippen molar-refractivity contribution in [2.24, 2.45) is 0 Å². The van der Waals surface area contributed by atoms with E-state index in [9.17, 15) is 0 Å². The Morgan fingerprint density at radius 3 is 2.95 bits per heavy atom. The summed E-state index contributed by atoms with van der Waals surface area (Å²) in [4.78, 5) is 5.69. The molecule has 0 aliphatic carbocycles. The van der Waals surface area contributed by atoms with Crippen LogP contribution in [0, 0.1) is 13.8 Å². The summed E-state index contributed by atoms with van der Waals surface area (Å²) >= 11 is 3.36. The summed E-state index contributed by atoms with van der Waals surface area (Å²) in [5.41, 5.74) is 3.56. The Hall–Kier alpha value is -1.59. The van der Waals surface area contributed by atoms with E-state index in [-0.39, 0.29) is 0 Å². The number of benzene rings is 1. The lowest BCUT2D eigenvalue weighted by Crippen LogP contribution is -1.85. The highest BCUT2D eigenvalue weighted by molar-refractivity contribution is 7.98. The standard InChI is InChI=1S/C15H14N2OS2/c1-10-3-4-11(2)13(7-10)20-9-14-16-15(17-18-14)12-5-6-19-8-12/h3-8H,9H2,1-2H3. The number of hydrogen-bond acceptors (Lipinski definition) is 5. The van der Waals surface area contributed by atoms with Crippen LogP contribution in [-0.4, -0.2) is 10.1 Å². The van der Waals surface area contributed by atoms with Crippen molar-refractivity contribution >= 4 is 23.1 Å². The molecule has 3 aromatic rings. The number of thioether (sulfide) groups is 1.